The van der Waals surface area contributed by atoms with Crippen molar-refractivity contribution in [2.45, 2.75) is 32.2 Å². The van der Waals surface area contributed by atoms with Crippen LogP contribution in [-0.4, -0.2) is 64.7 Å². The number of carbonyl (C=O) groups excluding carboxylic acids is 1. The molecule has 0 N–H and O–H groups in total. The zero-order valence-corrected chi connectivity index (χ0v) is 21.4. The van der Waals surface area contributed by atoms with Crippen LogP contribution in [0.4, 0.5) is 5.69 Å². The number of methoxy groups -OCH3 is 1. The van der Waals surface area contributed by atoms with E-state index in [1.54, 1.807) is 26.3 Å². The Morgan fingerprint density at radius 1 is 1.09 bits per heavy atom. The Kier molecular flexibility index (Phi) is 9.72. The molecule has 1 aliphatic rings. The van der Waals surface area contributed by atoms with E-state index in [9.17, 15) is 13.2 Å². The van der Waals surface area contributed by atoms with E-state index in [1.165, 1.54) is 21.2 Å². The van der Waals surface area contributed by atoms with Crippen molar-refractivity contribution in [3.63, 3.8) is 0 Å². The van der Waals surface area contributed by atoms with Gasteiger partial charge in [0.25, 0.3) is 0 Å². The fourth-order valence-corrected chi connectivity index (χ4v) is 5.14. The number of hydrogen-bond acceptors (Lipinski definition) is 5. The van der Waals surface area contributed by atoms with Crippen molar-refractivity contribution >= 4 is 34.1 Å². The second kappa shape index (κ2) is 11.8. The van der Waals surface area contributed by atoms with E-state index in [0.29, 0.717) is 17.7 Å². The molecule has 0 atom stereocenters. The van der Waals surface area contributed by atoms with Crippen molar-refractivity contribution in [3.8, 4) is 5.75 Å². The number of Topliss-reactive ketones (excluding diaryl/α,β-unsaturated/α-hetero) is 1. The maximum atomic E-state index is 12.7. The molecule has 2 aromatic carbocycles. The van der Waals surface area contributed by atoms with Gasteiger partial charge in [-0.05, 0) is 68.2 Å². The molecule has 0 saturated carbocycles. The number of carbonyl (C=O) groups is 1. The van der Waals surface area contributed by atoms with Crippen LogP contribution in [0.5, 0.6) is 5.75 Å². The van der Waals surface area contributed by atoms with Crippen molar-refractivity contribution in [3.05, 3.63) is 59.2 Å². The lowest BCUT2D eigenvalue weighted by atomic mass is 10.0. The summed E-state index contributed by atoms with van der Waals surface area (Å²) in [6.45, 7) is 2.14. The largest absolute Gasteiger partial charge is 0.496 e. The lowest BCUT2D eigenvalue weighted by molar-refractivity contribution is 0.0978. The molecule has 0 spiro atoms. The van der Waals surface area contributed by atoms with Crippen molar-refractivity contribution < 1.29 is 17.9 Å². The van der Waals surface area contributed by atoms with Crippen LogP contribution < -0.4 is 9.04 Å². The predicted molar refractivity (Wildman–Crippen MR) is 135 cm³/mol. The Balaban J connectivity index is 0.00000385. The first-order valence-corrected chi connectivity index (χ1v) is 12.3. The van der Waals surface area contributed by atoms with E-state index in [4.69, 9.17) is 4.74 Å². The Morgan fingerprint density at radius 3 is 2.55 bits per heavy atom. The first kappa shape index (κ1) is 27.1. The molecule has 9 heteroatoms. The van der Waals surface area contributed by atoms with Gasteiger partial charge in [0.05, 0.1) is 12.8 Å². The standard InChI is InChI=1S/C24H33N3O4S.ClH/c1-25(16-14-19-9-5-6-11-24(19)31-4)15-8-7-10-23(28)20-12-13-22-21(17-20)18-26(2)32(29,30)27(22)3;/h5-6,9,11-13,17H,7-8,10,14-16,18H2,1-4H3;1H. The van der Waals surface area contributed by atoms with E-state index in [2.05, 4.69) is 18.0 Å². The number of para-hydroxylation sites is 1. The molecule has 182 valence electrons. The smallest absolute Gasteiger partial charge is 0.303 e. The Bertz CT molecular complexity index is 1060. The molecule has 0 aromatic heterocycles. The molecule has 0 aliphatic carbocycles. The van der Waals surface area contributed by atoms with Gasteiger partial charge in [-0.15, -0.1) is 12.4 Å². The quantitative estimate of drug-likeness (QED) is 0.370. The number of rotatable bonds is 10. The number of nitrogens with zero attached hydrogens (tertiary/aromatic N) is 3. The molecule has 0 bridgehead atoms. The number of halogens is 1. The third kappa shape index (κ3) is 6.47. The minimum absolute atomic E-state index is 0. The molecule has 7 nitrogen and oxygen atoms in total. The number of hydrogen-bond donors (Lipinski definition) is 0. The minimum Gasteiger partial charge on any atom is -0.496 e. The molecule has 3 rings (SSSR count). The molecule has 0 unspecified atom stereocenters. The zero-order chi connectivity index (χ0) is 23.3. The molecule has 0 radical (unpaired) electrons. The minimum atomic E-state index is -3.47. The molecule has 0 saturated heterocycles. The van der Waals surface area contributed by atoms with E-state index >= 15 is 0 Å². The third-order valence-corrected chi connectivity index (χ3v) is 7.83. The van der Waals surface area contributed by atoms with Gasteiger partial charge in [0.2, 0.25) is 0 Å². The van der Waals surface area contributed by atoms with Crippen LogP contribution in [0.25, 0.3) is 0 Å². The number of ketones is 1. The molecule has 1 heterocycles. The molecule has 0 fully saturated rings. The van der Waals surface area contributed by atoms with Crippen LogP contribution in [0.3, 0.4) is 0 Å². The van der Waals surface area contributed by atoms with Crippen LogP contribution in [-0.2, 0) is 23.2 Å². The molecule has 2 aromatic rings. The maximum absolute atomic E-state index is 12.7. The molecular weight excluding hydrogens is 462 g/mol. The number of ether oxygens (including phenoxy) is 1. The highest BCUT2D eigenvalue weighted by atomic mass is 35.5. The Labute approximate surface area is 203 Å². The summed E-state index contributed by atoms with van der Waals surface area (Å²) >= 11 is 0. The summed E-state index contributed by atoms with van der Waals surface area (Å²) in [7, 11) is 3.41. The SMILES string of the molecule is COc1ccccc1CCN(C)CCCCC(=O)c1ccc2c(c1)CN(C)S(=O)(=O)N2C.Cl. The van der Waals surface area contributed by atoms with Crippen molar-refractivity contribution in [2.24, 2.45) is 0 Å². The van der Waals surface area contributed by atoms with Crippen molar-refractivity contribution in [1.82, 2.24) is 9.21 Å². The Morgan fingerprint density at radius 2 is 1.82 bits per heavy atom. The van der Waals surface area contributed by atoms with E-state index in [1.807, 2.05) is 24.3 Å². The predicted octanol–water partition coefficient (Wildman–Crippen LogP) is 3.77. The summed E-state index contributed by atoms with van der Waals surface area (Å²) in [6.07, 6.45) is 3.18. The average molecular weight is 496 g/mol. The van der Waals surface area contributed by atoms with Gasteiger partial charge in [-0.3, -0.25) is 9.10 Å². The summed E-state index contributed by atoms with van der Waals surface area (Å²) in [5.41, 5.74) is 3.34. The average Bonchev–Trinajstić information content (AvgIpc) is 2.79. The van der Waals surface area contributed by atoms with Gasteiger partial charge in [0.15, 0.2) is 5.78 Å². The first-order valence-electron chi connectivity index (χ1n) is 10.9. The van der Waals surface area contributed by atoms with Gasteiger partial charge in [-0.1, -0.05) is 18.2 Å². The summed E-state index contributed by atoms with van der Waals surface area (Å²) in [5.74, 6) is 1.02. The summed E-state index contributed by atoms with van der Waals surface area (Å²) < 4.78 is 32.5. The van der Waals surface area contributed by atoms with Crippen molar-refractivity contribution in [2.75, 3.05) is 45.6 Å². The lowest BCUT2D eigenvalue weighted by Gasteiger charge is -2.33. The van der Waals surface area contributed by atoms with E-state index in [-0.39, 0.29) is 24.7 Å². The fourth-order valence-electron chi connectivity index (χ4n) is 3.99. The van der Waals surface area contributed by atoms with E-state index in [0.717, 1.165) is 43.7 Å². The number of anilines is 1. The summed E-state index contributed by atoms with van der Waals surface area (Å²) in [5, 5.41) is 0. The van der Waals surface area contributed by atoms with Crippen LogP contribution in [0, 0.1) is 0 Å². The highest BCUT2D eigenvalue weighted by molar-refractivity contribution is 7.90. The Hall–Kier alpha value is -2.13. The summed E-state index contributed by atoms with van der Waals surface area (Å²) in [4.78, 5) is 15.0. The molecule has 1 aliphatic heterocycles. The summed E-state index contributed by atoms with van der Waals surface area (Å²) in [6, 6.07) is 13.4. The zero-order valence-electron chi connectivity index (χ0n) is 19.8. The maximum Gasteiger partial charge on any atom is 0.303 e. The van der Waals surface area contributed by atoms with Gasteiger partial charge >= 0.3 is 10.2 Å². The van der Waals surface area contributed by atoms with Crippen LogP contribution in [0.1, 0.15) is 40.7 Å². The molecule has 0 amide bonds. The van der Waals surface area contributed by atoms with Crippen LogP contribution >= 0.6 is 12.4 Å². The molecule has 33 heavy (non-hydrogen) atoms. The monoisotopic (exact) mass is 495 g/mol. The molecular formula is C24H34ClN3O4S. The second-order valence-corrected chi connectivity index (χ2v) is 10.4. The van der Waals surface area contributed by atoms with Gasteiger partial charge in [-0.2, -0.15) is 12.7 Å². The van der Waals surface area contributed by atoms with Crippen LogP contribution in [0.15, 0.2) is 42.5 Å². The fraction of sp³-hybridized carbons (Fsp3) is 0.458. The van der Waals surface area contributed by atoms with Gasteiger partial charge in [-0.25, -0.2) is 0 Å². The highest BCUT2D eigenvalue weighted by Crippen LogP contribution is 2.31. The van der Waals surface area contributed by atoms with Gasteiger partial charge < -0.3 is 9.64 Å². The lowest BCUT2D eigenvalue weighted by Crippen LogP contribution is -2.43. The number of fused-ring (bicyclic) bond motifs is 1. The first-order chi connectivity index (χ1) is 15.2. The normalized spacial score (nSPS) is 15.1. The highest BCUT2D eigenvalue weighted by Gasteiger charge is 2.31. The van der Waals surface area contributed by atoms with Crippen LogP contribution in [0.2, 0.25) is 0 Å². The van der Waals surface area contributed by atoms with Gasteiger partial charge in [0.1, 0.15) is 5.75 Å². The number of likely N-dealkylation sites (N-methyl/N-ethyl adjacent to an activating group) is 1. The third-order valence-electron chi connectivity index (χ3n) is 6.02. The number of benzene rings is 2. The van der Waals surface area contributed by atoms with Gasteiger partial charge in [0, 0.05) is 39.2 Å². The van der Waals surface area contributed by atoms with Crippen molar-refractivity contribution in [1.29, 1.82) is 0 Å². The number of unbranched alkanes of at least 4 members (excludes halogenated alkanes) is 1. The topological polar surface area (TPSA) is 70.2 Å². The second-order valence-electron chi connectivity index (χ2n) is 8.32. The van der Waals surface area contributed by atoms with E-state index < -0.39 is 10.2 Å².